The topological polar surface area (TPSA) is 319 Å². The van der Waals surface area contributed by atoms with Crippen molar-refractivity contribution in [2.24, 2.45) is 0 Å². The number of nitrogens with one attached hydrogen (secondary N) is 2. The van der Waals surface area contributed by atoms with Crippen LogP contribution >= 0.6 is 23.5 Å². The van der Waals surface area contributed by atoms with Crippen LogP contribution in [0.15, 0.2) is 69.5 Å². The fraction of sp³-hybridized carbons (Fsp3) is 0.456. The number of fused-ring (bicyclic) bond motifs is 22. The molecule has 6 N–H and O–H groups in total. The molecule has 14 aliphatic heterocycles. The summed E-state index contributed by atoms with van der Waals surface area (Å²) >= 11 is 3.35. The molecule has 8 aromatic rings. The summed E-state index contributed by atoms with van der Waals surface area (Å²) in [6.45, 7) is 13.6. The van der Waals surface area contributed by atoms with Crippen LogP contribution in [0.1, 0.15) is 135 Å². The third-order valence-electron chi connectivity index (χ3n) is 25.4. The van der Waals surface area contributed by atoms with Gasteiger partial charge in [0, 0.05) is 120 Å². The number of esters is 2. The van der Waals surface area contributed by atoms with Crippen molar-refractivity contribution >= 4 is 57.4 Å². The third kappa shape index (κ3) is 10.1. The van der Waals surface area contributed by atoms with Crippen molar-refractivity contribution in [1.29, 1.82) is 5.26 Å². The van der Waals surface area contributed by atoms with Gasteiger partial charge in [-0.2, -0.15) is 5.26 Å². The number of hydrogen-bond acceptors (Lipinski definition) is 26. The van der Waals surface area contributed by atoms with Gasteiger partial charge in [0.1, 0.15) is 48.2 Å². The van der Waals surface area contributed by atoms with E-state index in [1.54, 1.807) is 37.7 Å². The first-order valence-electron chi connectivity index (χ1n) is 36.2. The Morgan fingerprint density at radius 1 is 0.611 bits per heavy atom. The second-order valence-electron chi connectivity index (χ2n) is 30.1. The molecular formula is C79H82AgN8O18S2. The predicted molar refractivity (Wildman–Crippen MR) is 391 cm³/mol. The van der Waals surface area contributed by atoms with Gasteiger partial charge in [0.2, 0.25) is 13.6 Å². The number of methoxy groups -OCH3 is 2. The summed E-state index contributed by atoms with van der Waals surface area (Å²) in [7, 11) is 7.30. The number of likely N-dealkylation sites (N-methyl/N-ethyl adjacent to an activating group) is 2. The molecule has 22 rings (SSSR count). The van der Waals surface area contributed by atoms with E-state index < -0.39 is 52.5 Å². The number of carbonyl (C=O) groups excluding carboxylic acids is 2. The molecule has 14 aliphatic rings. The van der Waals surface area contributed by atoms with Gasteiger partial charge in [-0.3, -0.25) is 30.2 Å². The van der Waals surface area contributed by atoms with Crippen LogP contribution in [0, 0.1) is 63.0 Å². The molecule has 0 amide bonds. The molecule has 2 spiro atoms. The van der Waals surface area contributed by atoms with E-state index in [0.29, 0.717) is 83.5 Å². The van der Waals surface area contributed by atoms with Crippen LogP contribution in [0.4, 0.5) is 0 Å². The molecule has 4 fully saturated rings. The molecular weight excluding hydrogens is 1520 g/mol. The number of furan rings is 2. The van der Waals surface area contributed by atoms with E-state index in [9.17, 15) is 30.2 Å². The number of aliphatic hydroxyl groups excluding tert-OH is 1. The van der Waals surface area contributed by atoms with Crippen LogP contribution in [-0.4, -0.2) is 173 Å². The Morgan fingerprint density at radius 3 is 1.48 bits per heavy atom. The van der Waals surface area contributed by atoms with E-state index in [0.717, 1.165) is 124 Å². The molecule has 6 aromatic carbocycles. The molecule has 26 nitrogen and oxygen atoms in total. The molecule has 16 heterocycles. The third-order valence-corrected chi connectivity index (χ3v) is 28.3. The number of para-hydroxylation sites is 2. The van der Waals surface area contributed by atoms with Crippen LogP contribution in [0.5, 0.6) is 46.0 Å². The Kier molecular flexibility index (Phi) is 17.9. The average molecular weight is 1600 g/mol. The Balaban J connectivity index is 0.000000150. The van der Waals surface area contributed by atoms with E-state index in [-0.39, 0.29) is 107 Å². The number of carbonyl (C=O) groups is 2. The maximum atomic E-state index is 14.7. The molecule has 569 valence electrons. The number of phenols is 2. The number of hydrogen-bond donors (Lipinski definition) is 6. The van der Waals surface area contributed by atoms with Crippen molar-refractivity contribution in [3.8, 4) is 52.1 Å². The number of rotatable bonds is 2. The van der Waals surface area contributed by atoms with Crippen molar-refractivity contribution < 1.29 is 104 Å². The Bertz CT molecular complexity index is 5180. The Labute approximate surface area is 645 Å². The number of aryl methyl sites for hydroxylation is 2. The minimum atomic E-state index is -1.50. The zero-order valence-corrected chi connectivity index (χ0v) is 64.1. The van der Waals surface area contributed by atoms with Gasteiger partial charge in [-0.1, -0.05) is 48.5 Å². The zero-order valence-electron chi connectivity index (χ0n) is 61.0. The van der Waals surface area contributed by atoms with E-state index in [1.807, 2.05) is 57.3 Å². The van der Waals surface area contributed by atoms with E-state index >= 15 is 0 Å². The number of phenolic OH excluding ortho intramolecular Hbond substituents is 2. The zero-order chi connectivity index (χ0) is 74.5. The van der Waals surface area contributed by atoms with Gasteiger partial charge in [-0.25, -0.2) is 9.59 Å². The quantitative estimate of drug-likeness (QED) is 0.0406. The number of nitriles is 1. The second-order valence-corrected chi connectivity index (χ2v) is 32.4. The van der Waals surface area contributed by atoms with Crippen LogP contribution in [0.25, 0.3) is 21.9 Å². The summed E-state index contributed by atoms with van der Waals surface area (Å²) < 4.78 is 62.3. The van der Waals surface area contributed by atoms with Crippen molar-refractivity contribution in [2.75, 3.05) is 79.7 Å². The minimum absolute atomic E-state index is 0. The van der Waals surface area contributed by atoms with Gasteiger partial charge in [0.05, 0.1) is 50.5 Å². The van der Waals surface area contributed by atoms with Gasteiger partial charge in [0.15, 0.2) is 57.1 Å². The molecule has 29 heteroatoms. The average Bonchev–Trinajstić information content (AvgIpc) is 0.862. The van der Waals surface area contributed by atoms with Gasteiger partial charge in [0.25, 0.3) is 5.09 Å². The summed E-state index contributed by atoms with van der Waals surface area (Å²) in [5, 5.41) is 69.9. The summed E-state index contributed by atoms with van der Waals surface area (Å²) in [6.07, 6.45) is 1.67. The first-order chi connectivity index (χ1) is 51.6. The number of aromatic hydroxyl groups is 2. The number of ether oxygens (including phenoxy) is 8. The van der Waals surface area contributed by atoms with Gasteiger partial charge < -0.3 is 67.3 Å². The second kappa shape index (κ2) is 26.7. The number of benzene rings is 6. The fourth-order valence-electron chi connectivity index (χ4n) is 20.6. The summed E-state index contributed by atoms with van der Waals surface area (Å²) in [5.41, 5.74) is 14.7. The number of aliphatic hydroxyl groups is 1. The Morgan fingerprint density at radius 2 is 1.03 bits per heavy atom. The SMILES string of the molecule is COc1c(C)cc2c(c1O)[C@@H]1[C@@H]3[C@@H]4SC[C@]5(NCCc6c5oc5ccccc65)C(=O)OC[C@@H](c5c6c(c(C)c(C)c54)OCO6)N3[C@@H](C#N)[C@H](C2)N1C.COc1c(C)cc2c(c1O)[C@@H]1[C@@H]3[C@@H]4SC[C@]5(NCCc6c5oc5ccccc65)C(=O)OC[C@@H](c5c6c(c(C)c(C)c54)OCO6)N3[C@@H](O)[C@H](C2)N1C.O=[N+]([O-])O.[Ag]. The monoisotopic (exact) mass is 1600 g/mol. The maximum Gasteiger partial charge on any atom is 0.335 e. The summed E-state index contributed by atoms with van der Waals surface area (Å²) in [4.78, 5) is 46.7. The summed E-state index contributed by atoms with van der Waals surface area (Å²) in [6, 6.07) is 19.5. The standard InChI is InChI=1S/C40H40N4O7S.C39H41N3O8S.Ag.HNO3/c1-18-12-21-13-24-25(14-41)44-26-15-48-39(46)40(38-23(10-11-42-40)22-8-6-7-9-27(22)51-38)16-52-37(28-19(2)20(3)35-36(30(26)28)50-17-49-35)32(44)31(43(24)4)29(21)33(45)34(18)47-5;1-17-12-20-13-23-37(44)42-24-14-47-38(45)39(36-22(10-11-40-39)21-8-6-7-9-25(21)50-36)15-51-35(26-18(2)19(3)33-34(28(24)26)49-16-48-33)30(42)29(41(23)4)27(20)31(43)32(17)46-5;;2-1(3)4/h6-9,12,24-26,31-32,37,42,45H,10-11,13,15-17H2,1-5H3;6-9,12,23-24,29-30,35,37,40,43-44H,10-11,13-16H2,1-5H3;;(H,2,3,4)/t24-,25-,26-,31+,32+,37+,40+;23-,24-,29+,30+,35+,37-,39+;;/m00../s1. The van der Waals surface area contributed by atoms with Crippen LogP contribution in [0.3, 0.4) is 0 Å². The molecule has 0 aliphatic carbocycles. The molecule has 1 radical (unpaired) electrons. The number of thioether (sulfide) groups is 2. The smallest absolute Gasteiger partial charge is 0.335 e. The molecule has 8 bridgehead atoms. The van der Waals surface area contributed by atoms with Crippen molar-refractivity contribution in [1.82, 2.24) is 30.2 Å². The molecule has 108 heavy (non-hydrogen) atoms. The molecule has 14 atom stereocenters. The van der Waals surface area contributed by atoms with Crippen LogP contribution in [0.2, 0.25) is 0 Å². The normalized spacial score (nSPS) is 29.4. The van der Waals surface area contributed by atoms with E-state index in [4.69, 9.17) is 62.1 Å². The van der Waals surface area contributed by atoms with E-state index in [1.165, 1.54) is 0 Å². The predicted octanol–water partition coefficient (Wildman–Crippen LogP) is 9.88. The molecule has 4 saturated heterocycles. The number of nitrogens with zero attached hydrogens (tertiary/aromatic N) is 6. The van der Waals surface area contributed by atoms with Gasteiger partial charge in [-0.15, -0.1) is 33.6 Å². The van der Waals surface area contributed by atoms with E-state index in [2.05, 4.69) is 95.3 Å². The molecule has 0 unspecified atom stereocenters. The minimum Gasteiger partial charge on any atom is -0.504 e. The fourth-order valence-corrected chi connectivity index (χ4v) is 24.1. The van der Waals surface area contributed by atoms with Crippen molar-refractivity contribution in [2.45, 2.75) is 149 Å². The first kappa shape index (κ1) is 72.5. The first-order valence-corrected chi connectivity index (χ1v) is 38.3. The molecule has 2 aromatic heterocycles. The Hall–Kier alpha value is -8.41. The molecule has 0 saturated carbocycles. The maximum absolute atomic E-state index is 14.7. The largest absolute Gasteiger partial charge is 0.504 e. The van der Waals surface area contributed by atoms with Gasteiger partial charge >= 0.3 is 11.9 Å². The van der Waals surface area contributed by atoms with Gasteiger partial charge in [-0.05, 0) is 149 Å². The van der Waals surface area contributed by atoms with Crippen molar-refractivity contribution in [3.05, 3.63) is 171 Å². The van der Waals surface area contributed by atoms with Crippen LogP contribution in [-0.2, 0) is 78.2 Å². The number of piperazine rings is 2. The summed E-state index contributed by atoms with van der Waals surface area (Å²) in [5.74, 6) is 4.99. The van der Waals surface area contributed by atoms with Crippen molar-refractivity contribution in [3.63, 3.8) is 0 Å². The van der Waals surface area contributed by atoms with Crippen LogP contribution < -0.4 is 39.1 Å².